The number of thiophene rings is 1. The molecule has 1 N–H and O–H groups in total. The molecule has 1 aromatic carbocycles. The lowest BCUT2D eigenvalue weighted by Gasteiger charge is -2.12. The summed E-state index contributed by atoms with van der Waals surface area (Å²) < 4.78 is 9.31. The number of nitrogens with zero attached hydrogens (tertiary/aromatic N) is 4. The van der Waals surface area contributed by atoms with E-state index in [4.69, 9.17) is 4.74 Å². The lowest BCUT2D eigenvalue weighted by atomic mass is 10.1. The molecule has 10 heteroatoms. The van der Waals surface area contributed by atoms with Crippen molar-refractivity contribution in [2.75, 3.05) is 7.11 Å². The molecule has 4 rings (SSSR count). The zero-order valence-corrected chi connectivity index (χ0v) is 18.4. The van der Waals surface area contributed by atoms with Crippen molar-refractivity contribution in [3.63, 3.8) is 0 Å². The highest BCUT2D eigenvalue weighted by Gasteiger charge is 2.27. The van der Waals surface area contributed by atoms with Gasteiger partial charge in [0.15, 0.2) is 0 Å². The molecular formula is C21H22N4O5S. The minimum atomic E-state index is -0.651. The number of aromatic nitrogens is 4. The molecule has 0 saturated heterocycles. The van der Waals surface area contributed by atoms with Crippen molar-refractivity contribution in [2.24, 2.45) is 7.05 Å². The summed E-state index contributed by atoms with van der Waals surface area (Å²) in [5, 5.41) is 9.99. The number of imidazole rings is 1. The maximum atomic E-state index is 13.0. The van der Waals surface area contributed by atoms with Crippen molar-refractivity contribution in [3.05, 3.63) is 61.4 Å². The van der Waals surface area contributed by atoms with Gasteiger partial charge >= 0.3 is 11.7 Å². The molecule has 3 heterocycles. The quantitative estimate of drug-likeness (QED) is 0.474. The number of rotatable bonds is 5. The van der Waals surface area contributed by atoms with Gasteiger partial charge in [0.2, 0.25) is 0 Å². The zero-order chi connectivity index (χ0) is 22.4. The molecule has 0 aliphatic carbocycles. The first-order chi connectivity index (χ1) is 14.8. The second-order valence-corrected chi connectivity index (χ2v) is 8.53. The van der Waals surface area contributed by atoms with Crippen LogP contribution in [0.3, 0.4) is 0 Å². The van der Waals surface area contributed by atoms with E-state index < -0.39 is 17.2 Å². The van der Waals surface area contributed by atoms with E-state index in [0.29, 0.717) is 21.0 Å². The van der Waals surface area contributed by atoms with Crippen molar-refractivity contribution >= 4 is 38.6 Å². The van der Waals surface area contributed by atoms with Crippen molar-refractivity contribution in [3.8, 4) is 0 Å². The number of fused-ring (bicyclic) bond motifs is 2. The summed E-state index contributed by atoms with van der Waals surface area (Å²) in [5.41, 5.74) is 0.647. The number of hydrogen-bond donors (Lipinski definition) is 1. The molecule has 0 radical (unpaired) electrons. The molecule has 0 spiro atoms. The van der Waals surface area contributed by atoms with Crippen molar-refractivity contribution in [2.45, 2.75) is 33.0 Å². The highest BCUT2D eigenvalue weighted by Crippen LogP contribution is 2.32. The summed E-state index contributed by atoms with van der Waals surface area (Å²) in [6.07, 6.45) is 0. The van der Waals surface area contributed by atoms with Gasteiger partial charge in [0, 0.05) is 18.0 Å². The summed E-state index contributed by atoms with van der Waals surface area (Å²) in [6, 6.07) is 7.20. The summed E-state index contributed by atoms with van der Waals surface area (Å²) in [6.45, 7) is 3.59. The number of carbonyl (C=O) groups is 1. The van der Waals surface area contributed by atoms with E-state index in [2.05, 4.69) is 4.98 Å². The summed E-state index contributed by atoms with van der Waals surface area (Å²) in [5.74, 6) is -0.217. The standard InChI is InChI=1S/C21H22N4O5S/c1-11(2)25-19-17(18(27)23(3)21(25)29)16(20(28)30-4)14(31-19)9-24-13-8-6-5-7-12(13)22-15(24)10-26/h5-8,11,26H,9-10H2,1-4H3. The molecule has 0 bridgehead atoms. The molecule has 162 valence electrons. The third-order valence-corrected chi connectivity index (χ3v) is 6.45. The summed E-state index contributed by atoms with van der Waals surface area (Å²) >= 11 is 1.20. The van der Waals surface area contributed by atoms with Crippen LogP contribution in [0.15, 0.2) is 33.9 Å². The average molecular weight is 442 g/mol. The van der Waals surface area contributed by atoms with Crippen LogP contribution in [0.1, 0.15) is 40.9 Å². The Morgan fingerprint density at radius 3 is 2.61 bits per heavy atom. The molecule has 0 aliphatic rings. The molecule has 0 aliphatic heterocycles. The monoisotopic (exact) mass is 442 g/mol. The molecular weight excluding hydrogens is 420 g/mol. The van der Waals surface area contributed by atoms with Gasteiger partial charge in [0.25, 0.3) is 5.56 Å². The van der Waals surface area contributed by atoms with Crippen molar-refractivity contribution in [1.29, 1.82) is 0 Å². The molecule has 0 unspecified atom stereocenters. The number of aliphatic hydroxyl groups is 1. The van der Waals surface area contributed by atoms with Gasteiger partial charge < -0.3 is 14.4 Å². The lowest BCUT2D eigenvalue weighted by Crippen LogP contribution is -2.38. The van der Waals surface area contributed by atoms with Crippen LogP contribution in [0.2, 0.25) is 0 Å². The molecule has 0 amide bonds. The van der Waals surface area contributed by atoms with Crippen molar-refractivity contribution < 1.29 is 14.6 Å². The number of ether oxygens (including phenoxy) is 1. The molecule has 3 aromatic heterocycles. The number of esters is 1. The van der Waals surface area contributed by atoms with E-state index in [9.17, 15) is 19.5 Å². The highest BCUT2D eigenvalue weighted by atomic mass is 32.1. The number of para-hydroxylation sites is 2. The Labute approximate surface area is 180 Å². The van der Waals surface area contributed by atoms with Crippen LogP contribution < -0.4 is 11.2 Å². The van der Waals surface area contributed by atoms with Gasteiger partial charge in [-0.15, -0.1) is 11.3 Å². The van der Waals surface area contributed by atoms with E-state index in [0.717, 1.165) is 10.1 Å². The molecule has 0 saturated carbocycles. The van der Waals surface area contributed by atoms with Crippen LogP contribution in [-0.4, -0.2) is 36.9 Å². The minimum absolute atomic E-state index is 0.138. The van der Waals surface area contributed by atoms with Crippen molar-refractivity contribution in [1.82, 2.24) is 18.7 Å². The van der Waals surface area contributed by atoms with Crippen LogP contribution in [0.25, 0.3) is 21.3 Å². The van der Waals surface area contributed by atoms with Crippen LogP contribution in [0.4, 0.5) is 0 Å². The predicted molar refractivity (Wildman–Crippen MR) is 118 cm³/mol. The van der Waals surface area contributed by atoms with E-state index >= 15 is 0 Å². The number of aliphatic hydroxyl groups excluding tert-OH is 1. The summed E-state index contributed by atoms with van der Waals surface area (Å²) in [4.78, 5) is 44.0. The van der Waals surface area contributed by atoms with Gasteiger partial charge in [-0.05, 0) is 26.0 Å². The molecule has 31 heavy (non-hydrogen) atoms. The Hall–Kier alpha value is -3.24. The Kier molecular flexibility index (Phi) is 5.28. The van der Waals surface area contributed by atoms with Gasteiger partial charge in [0.05, 0.1) is 35.6 Å². The predicted octanol–water partition coefficient (Wildman–Crippen LogP) is 2.02. The van der Waals surface area contributed by atoms with Crippen LogP contribution >= 0.6 is 11.3 Å². The number of benzene rings is 1. The zero-order valence-electron chi connectivity index (χ0n) is 17.6. The maximum Gasteiger partial charge on any atom is 0.339 e. The SMILES string of the molecule is COC(=O)c1c(Cn2c(CO)nc3ccccc32)sc2c1c(=O)n(C)c(=O)n2C(C)C. The normalized spacial score (nSPS) is 11.7. The van der Waals surface area contributed by atoms with E-state index in [1.54, 1.807) is 4.57 Å². The van der Waals surface area contributed by atoms with E-state index in [1.165, 1.54) is 30.1 Å². The van der Waals surface area contributed by atoms with Gasteiger partial charge in [-0.2, -0.15) is 0 Å². The number of hydrogen-bond acceptors (Lipinski definition) is 7. The Balaban J connectivity index is 2.07. The maximum absolute atomic E-state index is 13.0. The second-order valence-electron chi connectivity index (χ2n) is 7.44. The average Bonchev–Trinajstić information content (AvgIpc) is 3.30. The fourth-order valence-corrected chi connectivity index (χ4v) is 5.18. The molecule has 9 nitrogen and oxygen atoms in total. The Morgan fingerprint density at radius 1 is 1.26 bits per heavy atom. The third-order valence-electron chi connectivity index (χ3n) is 5.28. The third kappa shape index (κ3) is 3.19. The fourth-order valence-electron chi connectivity index (χ4n) is 3.79. The van der Waals surface area contributed by atoms with Crippen LogP contribution in [0, 0.1) is 0 Å². The first kappa shape index (κ1) is 21.0. The van der Waals surface area contributed by atoms with Gasteiger partial charge in [-0.3, -0.25) is 13.9 Å². The molecule has 4 aromatic rings. The first-order valence-electron chi connectivity index (χ1n) is 9.70. The molecule has 0 fully saturated rings. The van der Waals surface area contributed by atoms with Gasteiger partial charge in [-0.25, -0.2) is 14.6 Å². The van der Waals surface area contributed by atoms with Gasteiger partial charge in [-0.1, -0.05) is 12.1 Å². The van der Waals surface area contributed by atoms with Crippen LogP contribution in [-0.2, 0) is 24.9 Å². The largest absolute Gasteiger partial charge is 0.465 e. The second kappa shape index (κ2) is 7.78. The number of carbonyl (C=O) groups excluding carboxylic acids is 1. The topological polar surface area (TPSA) is 108 Å². The lowest BCUT2D eigenvalue weighted by molar-refractivity contribution is 0.0602. The molecule has 0 atom stereocenters. The van der Waals surface area contributed by atoms with E-state index in [-0.39, 0.29) is 30.1 Å². The first-order valence-corrected chi connectivity index (χ1v) is 10.5. The Morgan fingerprint density at radius 2 is 1.97 bits per heavy atom. The minimum Gasteiger partial charge on any atom is -0.465 e. The summed E-state index contributed by atoms with van der Waals surface area (Å²) in [7, 11) is 2.65. The van der Waals surface area contributed by atoms with Gasteiger partial charge in [0.1, 0.15) is 17.3 Å². The van der Waals surface area contributed by atoms with Crippen LogP contribution in [0.5, 0.6) is 0 Å². The van der Waals surface area contributed by atoms with E-state index in [1.807, 2.05) is 38.1 Å². The Bertz CT molecular complexity index is 1440. The fraction of sp³-hybridized carbons (Fsp3) is 0.333. The number of methoxy groups -OCH3 is 1. The highest BCUT2D eigenvalue weighted by molar-refractivity contribution is 7.19. The smallest absolute Gasteiger partial charge is 0.339 e.